The van der Waals surface area contributed by atoms with Gasteiger partial charge in [0, 0.05) is 16.5 Å². The lowest BCUT2D eigenvalue weighted by Crippen LogP contribution is -2.22. The molecule has 9 heteroatoms. The van der Waals surface area contributed by atoms with Crippen molar-refractivity contribution in [3.05, 3.63) is 90.0 Å². The van der Waals surface area contributed by atoms with Crippen molar-refractivity contribution in [3.8, 4) is 11.3 Å². The number of ketones is 1. The predicted octanol–water partition coefficient (Wildman–Crippen LogP) is 3.69. The molecule has 0 fully saturated rings. The molecule has 0 atom stereocenters. The van der Waals surface area contributed by atoms with Gasteiger partial charge in [-0.05, 0) is 23.8 Å². The number of ether oxygens (including phenoxy) is 1. The maximum Gasteiger partial charge on any atom is 0.308 e. The number of aromatic nitrogens is 1. The van der Waals surface area contributed by atoms with Crippen LogP contribution < -0.4 is 4.72 Å². The van der Waals surface area contributed by atoms with Crippen LogP contribution in [0.3, 0.4) is 0 Å². The van der Waals surface area contributed by atoms with Crippen LogP contribution in [0.15, 0.2) is 88.8 Å². The monoisotopic (exact) mass is 487 g/mol. The third-order valence-corrected chi connectivity index (χ3v) is 7.06. The van der Waals surface area contributed by atoms with Crippen molar-refractivity contribution < 1.29 is 22.7 Å². The number of hydrogen-bond acceptors (Lipinski definition) is 6. The Morgan fingerprint density at radius 2 is 1.60 bits per heavy atom. The molecule has 1 aliphatic heterocycles. The van der Waals surface area contributed by atoms with Crippen LogP contribution >= 0.6 is 0 Å². The van der Waals surface area contributed by atoms with E-state index < -0.39 is 22.6 Å². The maximum absolute atomic E-state index is 13.1. The quantitative estimate of drug-likeness (QED) is 0.305. The molecule has 0 saturated carbocycles. The molecule has 35 heavy (non-hydrogen) atoms. The molecule has 8 nitrogen and oxygen atoms in total. The standard InChI is InChI=1S/C26H21N3O5S/c30-21(24-18-10-4-6-12-20(18)28-25(24)17-8-2-1-3-9-17)16-34-23(31)14-15-27-26-19-11-5-7-13-22(19)35(32,33)29-26/h1-13,28H,14-16H2,(H,27,29). The summed E-state index contributed by atoms with van der Waals surface area (Å²) in [6.45, 7) is -0.395. The minimum absolute atomic E-state index is 0.0154. The first-order valence-electron chi connectivity index (χ1n) is 11.0. The molecular formula is C26H21N3O5S. The van der Waals surface area contributed by atoms with Crippen LogP contribution in [0, 0.1) is 0 Å². The zero-order valence-corrected chi connectivity index (χ0v) is 19.3. The Balaban J connectivity index is 1.26. The number of esters is 1. The zero-order valence-electron chi connectivity index (χ0n) is 18.5. The van der Waals surface area contributed by atoms with Gasteiger partial charge in [-0.2, -0.15) is 0 Å². The molecular weight excluding hydrogens is 466 g/mol. The van der Waals surface area contributed by atoms with Gasteiger partial charge in [0.05, 0.1) is 29.1 Å². The van der Waals surface area contributed by atoms with Gasteiger partial charge in [0.25, 0.3) is 10.0 Å². The van der Waals surface area contributed by atoms with Crippen molar-refractivity contribution in [1.29, 1.82) is 0 Å². The lowest BCUT2D eigenvalue weighted by molar-refractivity contribution is -0.142. The topological polar surface area (TPSA) is 118 Å². The number of fused-ring (bicyclic) bond motifs is 2. The van der Waals surface area contributed by atoms with Crippen LogP contribution in [0.25, 0.3) is 22.2 Å². The number of aliphatic imine (C=N–C) groups is 1. The third-order valence-electron chi connectivity index (χ3n) is 5.66. The summed E-state index contributed by atoms with van der Waals surface area (Å²) in [4.78, 5) is 33.1. The van der Waals surface area contributed by atoms with Crippen molar-refractivity contribution in [3.63, 3.8) is 0 Å². The Labute approximate surface area is 201 Å². The molecule has 0 spiro atoms. The van der Waals surface area contributed by atoms with Crippen LogP contribution in [0.4, 0.5) is 0 Å². The van der Waals surface area contributed by atoms with E-state index in [9.17, 15) is 18.0 Å². The van der Waals surface area contributed by atoms with Crippen molar-refractivity contribution in [2.24, 2.45) is 4.99 Å². The van der Waals surface area contributed by atoms with Gasteiger partial charge in [0.2, 0.25) is 5.78 Å². The van der Waals surface area contributed by atoms with Crippen molar-refractivity contribution in [1.82, 2.24) is 9.71 Å². The van der Waals surface area contributed by atoms with Crippen LogP contribution in [0.1, 0.15) is 22.3 Å². The molecule has 3 aromatic carbocycles. The summed E-state index contributed by atoms with van der Waals surface area (Å²) in [6, 6.07) is 23.4. The van der Waals surface area contributed by atoms with Gasteiger partial charge in [-0.3, -0.25) is 19.3 Å². The van der Waals surface area contributed by atoms with Crippen LogP contribution in [0.2, 0.25) is 0 Å². The summed E-state index contributed by atoms with van der Waals surface area (Å²) in [5, 5.41) is 0.756. The average molecular weight is 488 g/mol. The smallest absolute Gasteiger partial charge is 0.308 e. The number of para-hydroxylation sites is 1. The highest BCUT2D eigenvalue weighted by Gasteiger charge is 2.30. The molecule has 0 bridgehead atoms. The van der Waals surface area contributed by atoms with E-state index in [2.05, 4.69) is 14.7 Å². The predicted molar refractivity (Wildman–Crippen MR) is 132 cm³/mol. The van der Waals surface area contributed by atoms with Gasteiger partial charge in [0.15, 0.2) is 6.61 Å². The number of rotatable bonds is 7. The molecule has 4 aromatic rings. The molecule has 0 radical (unpaired) electrons. The summed E-state index contributed by atoms with van der Waals surface area (Å²) in [6.07, 6.45) is -0.0971. The number of Topliss-reactive ketones (excluding diaryl/α,β-unsaturated/α-hetero) is 1. The summed E-state index contributed by atoms with van der Waals surface area (Å²) >= 11 is 0. The second-order valence-corrected chi connectivity index (χ2v) is 9.60. The van der Waals surface area contributed by atoms with Crippen LogP contribution in [-0.4, -0.2) is 44.1 Å². The Morgan fingerprint density at radius 1 is 0.886 bits per heavy atom. The van der Waals surface area contributed by atoms with Gasteiger partial charge >= 0.3 is 5.97 Å². The summed E-state index contributed by atoms with van der Waals surface area (Å²) < 4.78 is 31.9. The second-order valence-electron chi connectivity index (χ2n) is 7.95. The lowest BCUT2D eigenvalue weighted by atomic mass is 10.0. The van der Waals surface area contributed by atoms with Crippen LogP contribution in [-0.2, 0) is 19.6 Å². The molecule has 2 N–H and O–H groups in total. The van der Waals surface area contributed by atoms with Gasteiger partial charge in [-0.15, -0.1) is 0 Å². The van der Waals surface area contributed by atoms with E-state index in [-0.39, 0.29) is 29.5 Å². The Bertz CT molecular complexity index is 1570. The minimum Gasteiger partial charge on any atom is -0.457 e. The molecule has 176 valence electrons. The average Bonchev–Trinajstić information content (AvgIpc) is 3.38. The lowest BCUT2D eigenvalue weighted by Gasteiger charge is -2.06. The summed E-state index contributed by atoms with van der Waals surface area (Å²) in [7, 11) is -3.64. The maximum atomic E-state index is 13.1. The second kappa shape index (κ2) is 9.19. The minimum atomic E-state index is -3.64. The van der Waals surface area contributed by atoms with Gasteiger partial charge in [0.1, 0.15) is 5.84 Å². The highest BCUT2D eigenvalue weighted by atomic mass is 32.2. The molecule has 0 unspecified atom stereocenters. The molecule has 0 amide bonds. The number of nitrogens with one attached hydrogen (secondary N) is 2. The molecule has 0 saturated heterocycles. The van der Waals surface area contributed by atoms with Gasteiger partial charge in [-0.25, -0.2) is 8.42 Å². The van der Waals surface area contributed by atoms with E-state index in [1.54, 1.807) is 18.2 Å². The first kappa shape index (κ1) is 22.5. The number of benzene rings is 3. The van der Waals surface area contributed by atoms with Crippen molar-refractivity contribution in [2.75, 3.05) is 13.2 Å². The van der Waals surface area contributed by atoms with Crippen LogP contribution in [0.5, 0.6) is 0 Å². The highest BCUT2D eigenvalue weighted by Crippen LogP contribution is 2.30. The van der Waals surface area contributed by atoms with E-state index >= 15 is 0 Å². The van der Waals surface area contributed by atoms with E-state index in [1.165, 1.54) is 6.07 Å². The normalized spacial score (nSPS) is 15.0. The highest BCUT2D eigenvalue weighted by molar-refractivity contribution is 7.90. The van der Waals surface area contributed by atoms with E-state index in [4.69, 9.17) is 4.74 Å². The number of amidine groups is 1. The summed E-state index contributed by atoms with van der Waals surface area (Å²) in [5.74, 6) is -0.729. The largest absolute Gasteiger partial charge is 0.457 e. The number of nitrogens with zero attached hydrogens (tertiary/aromatic N) is 1. The Hall–Kier alpha value is -4.24. The zero-order chi connectivity index (χ0) is 24.4. The first-order chi connectivity index (χ1) is 16.9. The fraction of sp³-hybridized carbons (Fsp3) is 0.115. The summed E-state index contributed by atoms with van der Waals surface area (Å²) in [5.41, 5.74) is 3.27. The van der Waals surface area contributed by atoms with E-state index in [1.807, 2.05) is 54.6 Å². The number of sulfonamides is 1. The molecule has 5 rings (SSSR count). The third kappa shape index (κ3) is 4.45. The Kier molecular flexibility index (Phi) is 5.92. The first-order valence-corrected chi connectivity index (χ1v) is 12.4. The molecule has 2 heterocycles. The molecule has 1 aliphatic rings. The van der Waals surface area contributed by atoms with Gasteiger partial charge < -0.3 is 9.72 Å². The SMILES string of the molecule is O=C(CCN=C1NS(=O)(=O)c2ccccc21)OCC(=O)c1c(-c2ccccc2)[nH]c2ccccc12. The van der Waals surface area contributed by atoms with E-state index in [0.29, 0.717) is 16.8 Å². The molecule has 1 aromatic heterocycles. The van der Waals surface area contributed by atoms with E-state index in [0.717, 1.165) is 16.5 Å². The van der Waals surface area contributed by atoms with Gasteiger partial charge in [-0.1, -0.05) is 60.7 Å². The van der Waals surface area contributed by atoms with Crippen molar-refractivity contribution >= 4 is 38.5 Å². The molecule has 0 aliphatic carbocycles. The number of hydrogen-bond donors (Lipinski definition) is 2. The number of carbonyl (C=O) groups is 2. The fourth-order valence-electron chi connectivity index (χ4n) is 4.05. The Morgan fingerprint density at radius 3 is 2.43 bits per heavy atom. The number of H-pyrrole nitrogens is 1. The fourth-order valence-corrected chi connectivity index (χ4v) is 5.30. The number of aromatic amines is 1. The van der Waals surface area contributed by atoms with Crippen molar-refractivity contribution in [2.45, 2.75) is 11.3 Å². The number of carbonyl (C=O) groups excluding carboxylic acids is 2.